The minimum Gasteiger partial charge on any atom is -0.466 e. The fourth-order valence-electron chi connectivity index (χ4n) is 5.16. The van der Waals surface area contributed by atoms with E-state index in [0.717, 1.165) is 101 Å². The normalized spacial score (nSPS) is 9.46. The summed E-state index contributed by atoms with van der Waals surface area (Å²) in [5.74, 6) is 0.282. The molecule has 0 saturated carbocycles. The number of unbranched alkanes of at least 4 members (excludes halogenated alkanes) is 4. The predicted octanol–water partition coefficient (Wildman–Crippen LogP) is 11.0. The summed E-state index contributed by atoms with van der Waals surface area (Å²) in [6.45, 7) is 25.0. The second-order valence-electron chi connectivity index (χ2n) is 15.6. The third-order valence-corrected chi connectivity index (χ3v) is 9.45. The number of carbonyl (C=O) groups excluding carboxylic acids is 6. The molecule has 1 N–H and O–H groups in total. The van der Waals surface area contributed by atoms with Crippen molar-refractivity contribution in [3.05, 3.63) is 90.0 Å². The van der Waals surface area contributed by atoms with Crippen molar-refractivity contribution in [2.45, 2.75) is 147 Å². The molecule has 3 aromatic rings. The maximum atomic E-state index is 11.4. The highest BCUT2D eigenvalue weighted by Crippen LogP contribution is 2.17. The molecule has 3 rings (SSSR count). The molecule has 3 aromatic carbocycles. The largest absolute Gasteiger partial charge is 0.466 e. The summed E-state index contributed by atoms with van der Waals surface area (Å²) in [7, 11) is 5.41. The molecule has 0 saturated heterocycles. The van der Waals surface area contributed by atoms with Crippen LogP contribution < -0.4 is 20.0 Å². The van der Waals surface area contributed by atoms with E-state index < -0.39 is 0 Å². The van der Waals surface area contributed by atoms with Crippen LogP contribution in [0.1, 0.15) is 145 Å². The highest BCUT2D eigenvalue weighted by molar-refractivity contribution is 5.92. The predicted molar refractivity (Wildman–Crippen MR) is 273 cm³/mol. The molecule has 0 unspecified atom stereocenters. The molecule has 366 valence electrons. The number of para-hydroxylation sites is 1. The van der Waals surface area contributed by atoms with E-state index in [4.69, 9.17) is 0 Å². The Labute approximate surface area is 394 Å². The number of nitrogens with one attached hydrogen (secondary N) is 1. The number of rotatable bonds is 17. The van der Waals surface area contributed by atoms with Crippen molar-refractivity contribution in [3.8, 4) is 0 Å². The smallest absolute Gasteiger partial charge is 0.302 e. The van der Waals surface area contributed by atoms with Crippen LogP contribution in [0, 0.1) is 6.92 Å². The number of nitrogens with zero attached hydrogens (tertiary/aromatic N) is 4. The first-order valence-corrected chi connectivity index (χ1v) is 23.3. The molecule has 0 atom stereocenters. The lowest BCUT2D eigenvalue weighted by Gasteiger charge is -2.20. The Kier molecular flexibility index (Phi) is 40.4. The van der Waals surface area contributed by atoms with Gasteiger partial charge in [0.25, 0.3) is 0 Å². The highest BCUT2D eigenvalue weighted by atomic mass is 16.5. The van der Waals surface area contributed by atoms with E-state index in [-0.39, 0.29) is 35.5 Å². The summed E-state index contributed by atoms with van der Waals surface area (Å²) >= 11 is 0. The second kappa shape index (κ2) is 41.2. The van der Waals surface area contributed by atoms with Gasteiger partial charge in [0, 0.05) is 99.4 Å². The van der Waals surface area contributed by atoms with Crippen LogP contribution in [0.15, 0.2) is 78.9 Å². The van der Waals surface area contributed by atoms with Gasteiger partial charge in [-0.25, -0.2) is 0 Å². The van der Waals surface area contributed by atoms with E-state index in [9.17, 15) is 28.8 Å². The molecule has 0 aliphatic heterocycles. The second-order valence-corrected chi connectivity index (χ2v) is 15.6. The maximum Gasteiger partial charge on any atom is 0.302 e. The lowest BCUT2D eigenvalue weighted by atomic mass is 10.1. The summed E-state index contributed by atoms with van der Waals surface area (Å²) in [5, 5.41) is 2.71. The van der Waals surface area contributed by atoms with Gasteiger partial charge >= 0.3 is 5.97 Å². The SMILES string of the molecule is CC(=O)N(C)c1cccc(C)c1.CCCCN(C(C)=O)c1ccccc1.CCCCN(C)C(C)=O.CCCCNC(C)=O.CCCCOC(C)=O.CCCc1cccc(N(C)C(C)=O)c1. The van der Waals surface area contributed by atoms with Crippen LogP contribution in [0.2, 0.25) is 0 Å². The molecular formula is C53H87N5O7. The Morgan fingerprint density at radius 3 is 1.45 bits per heavy atom. The third kappa shape index (κ3) is 36.5. The molecule has 65 heavy (non-hydrogen) atoms. The van der Waals surface area contributed by atoms with Gasteiger partial charge in [-0.3, -0.25) is 28.8 Å². The molecule has 5 amide bonds. The van der Waals surface area contributed by atoms with Crippen molar-refractivity contribution in [1.82, 2.24) is 10.2 Å². The first-order chi connectivity index (χ1) is 30.7. The number of anilines is 3. The minimum atomic E-state index is -0.182. The van der Waals surface area contributed by atoms with Crippen molar-refractivity contribution < 1.29 is 33.5 Å². The van der Waals surface area contributed by atoms with Crippen molar-refractivity contribution in [2.24, 2.45) is 0 Å². The zero-order chi connectivity index (χ0) is 50.2. The van der Waals surface area contributed by atoms with Crippen LogP contribution in [0.4, 0.5) is 17.1 Å². The van der Waals surface area contributed by atoms with Gasteiger partial charge in [-0.15, -0.1) is 0 Å². The molecule has 0 bridgehead atoms. The van der Waals surface area contributed by atoms with Gasteiger partial charge < -0.3 is 29.7 Å². The van der Waals surface area contributed by atoms with E-state index in [1.54, 1.807) is 56.5 Å². The number of aryl methyl sites for hydroxylation is 2. The van der Waals surface area contributed by atoms with Crippen molar-refractivity contribution >= 4 is 52.6 Å². The van der Waals surface area contributed by atoms with E-state index in [2.05, 4.69) is 56.8 Å². The Balaban J connectivity index is -0.000000722. The van der Waals surface area contributed by atoms with Gasteiger partial charge in [0.05, 0.1) is 6.61 Å². The number of hydrogen-bond acceptors (Lipinski definition) is 7. The van der Waals surface area contributed by atoms with E-state index in [0.29, 0.717) is 6.61 Å². The molecule has 0 aliphatic carbocycles. The summed E-state index contributed by atoms with van der Waals surface area (Å²) < 4.78 is 4.64. The lowest BCUT2D eigenvalue weighted by Crippen LogP contribution is -2.29. The van der Waals surface area contributed by atoms with E-state index >= 15 is 0 Å². The molecule has 0 fully saturated rings. The fraction of sp³-hybridized carbons (Fsp3) is 0.547. The summed E-state index contributed by atoms with van der Waals surface area (Å²) in [4.78, 5) is 71.2. The quantitative estimate of drug-likeness (QED) is 0.105. The van der Waals surface area contributed by atoms with Crippen LogP contribution in [-0.4, -0.2) is 87.8 Å². The number of carbonyl (C=O) groups is 6. The fourth-order valence-corrected chi connectivity index (χ4v) is 5.16. The van der Waals surface area contributed by atoms with Crippen LogP contribution in [0.5, 0.6) is 0 Å². The summed E-state index contributed by atoms with van der Waals surface area (Å²) in [6.07, 6.45) is 10.9. The molecule has 0 aromatic heterocycles. The first kappa shape index (κ1) is 63.8. The van der Waals surface area contributed by atoms with Gasteiger partial charge in [-0.1, -0.05) is 109 Å². The average Bonchev–Trinajstić information content (AvgIpc) is 3.26. The summed E-state index contributed by atoms with van der Waals surface area (Å²) in [6, 6.07) is 25.8. The monoisotopic (exact) mass is 906 g/mol. The molecule has 12 nitrogen and oxygen atoms in total. The van der Waals surface area contributed by atoms with Gasteiger partial charge in [0.1, 0.15) is 0 Å². The van der Waals surface area contributed by atoms with Crippen molar-refractivity contribution in [3.63, 3.8) is 0 Å². The van der Waals surface area contributed by atoms with Crippen LogP contribution in [0.25, 0.3) is 0 Å². The summed E-state index contributed by atoms with van der Waals surface area (Å²) in [5.41, 5.74) is 5.37. The van der Waals surface area contributed by atoms with Gasteiger partial charge in [-0.05, 0) is 86.6 Å². The number of ether oxygens (including phenoxy) is 1. The van der Waals surface area contributed by atoms with E-state index in [1.807, 2.05) is 85.6 Å². The number of hydrogen-bond donors (Lipinski definition) is 1. The topological polar surface area (TPSA) is 137 Å². The highest BCUT2D eigenvalue weighted by Gasteiger charge is 2.09. The van der Waals surface area contributed by atoms with E-state index in [1.165, 1.54) is 25.0 Å². The molecule has 0 spiro atoms. The van der Waals surface area contributed by atoms with Crippen LogP contribution >= 0.6 is 0 Å². The standard InChI is InChI=1S/2C12H17NO.C10H13NO.C7H15NO.C6H13NO.C6H12O2/c1-4-6-11-7-5-8-12(9-11)13(3)10(2)14;1-3-4-10-13(11(2)14)12-8-6-5-7-9-12;1-8-5-4-6-10(7-8)11(3)9(2)12;1-4-5-6-8(3)7(2)9;1-3-4-5-7-6(2)8;1-3-4-5-8-6(2)7/h5,7-9H,4,6H2,1-3H3;5-9H,3-4,10H2,1-2H3;4-7H,1-3H3;4-6H2,1-3H3;3-5H2,1-2H3,(H,7,8);3-5H2,1-2H3. The zero-order valence-corrected chi connectivity index (χ0v) is 43.1. The van der Waals surface area contributed by atoms with Gasteiger partial charge in [0.2, 0.25) is 29.5 Å². The van der Waals surface area contributed by atoms with Crippen molar-refractivity contribution in [2.75, 3.05) is 62.1 Å². The molecule has 12 heteroatoms. The maximum absolute atomic E-state index is 11.4. The van der Waals surface area contributed by atoms with Crippen molar-refractivity contribution in [1.29, 1.82) is 0 Å². The Morgan fingerprint density at radius 1 is 0.523 bits per heavy atom. The number of amides is 5. The van der Waals surface area contributed by atoms with Gasteiger partial charge in [-0.2, -0.15) is 0 Å². The average molecular weight is 906 g/mol. The molecule has 0 heterocycles. The van der Waals surface area contributed by atoms with Crippen LogP contribution in [-0.2, 0) is 39.9 Å². The number of benzene rings is 3. The zero-order valence-electron chi connectivity index (χ0n) is 43.1. The Bertz CT molecular complexity index is 1710. The lowest BCUT2D eigenvalue weighted by molar-refractivity contribution is -0.141. The molecular weight excluding hydrogens is 819 g/mol. The minimum absolute atomic E-state index is 0.0561. The third-order valence-electron chi connectivity index (χ3n) is 9.45. The molecule has 0 radical (unpaired) electrons. The Hall–Kier alpha value is -5.52. The first-order valence-electron chi connectivity index (χ1n) is 23.3. The number of esters is 1. The Morgan fingerprint density at radius 2 is 1.02 bits per heavy atom. The van der Waals surface area contributed by atoms with Crippen LogP contribution in [0.3, 0.4) is 0 Å². The van der Waals surface area contributed by atoms with Gasteiger partial charge in [0.15, 0.2) is 0 Å². The molecule has 0 aliphatic rings.